The summed E-state index contributed by atoms with van der Waals surface area (Å²) in [5.41, 5.74) is 1.03. The molecule has 2 fully saturated rings. The number of anilines is 1. The van der Waals surface area contributed by atoms with Crippen LogP contribution in [0.3, 0.4) is 0 Å². The molecule has 2 aromatic rings. The molecule has 2 aliphatic rings. The first-order chi connectivity index (χ1) is 12.5. The van der Waals surface area contributed by atoms with Gasteiger partial charge in [-0.1, -0.05) is 0 Å². The molecule has 2 aromatic heterocycles. The van der Waals surface area contributed by atoms with Crippen molar-refractivity contribution in [2.75, 3.05) is 11.6 Å². The van der Waals surface area contributed by atoms with Crippen LogP contribution in [-0.2, 0) is 16.0 Å². The summed E-state index contributed by atoms with van der Waals surface area (Å²) in [7, 11) is 0. The molecule has 11 heteroatoms. The van der Waals surface area contributed by atoms with Crippen LogP contribution in [-0.4, -0.2) is 43.4 Å². The molecular formula is C15H13N7O3S. The quantitative estimate of drug-likeness (QED) is 0.299. The normalized spacial score (nSPS) is 19.3. The molecule has 0 spiro atoms. The van der Waals surface area contributed by atoms with Gasteiger partial charge in [-0.15, -0.1) is 0 Å². The van der Waals surface area contributed by atoms with Gasteiger partial charge >= 0.3 is 6.03 Å². The van der Waals surface area contributed by atoms with Crippen LogP contribution in [0.1, 0.15) is 24.0 Å². The lowest BCUT2D eigenvalue weighted by molar-refractivity contribution is -0.115. The van der Waals surface area contributed by atoms with E-state index in [4.69, 9.17) is 0 Å². The third kappa shape index (κ3) is 2.75. The number of urea groups is 1. The van der Waals surface area contributed by atoms with Gasteiger partial charge in [-0.05, 0) is 18.9 Å². The predicted molar refractivity (Wildman–Crippen MR) is 91.3 cm³/mol. The summed E-state index contributed by atoms with van der Waals surface area (Å²) >= 11 is -1.49. The monoisotopic (exact) mass is 371 g/mol. The SMILES string of the molecule is C[S+]([O-])c1nc2c(/C=C3\NC(=O)NC3=O)cnn2c(NC2CC2)c1C#N. The van der Waals surface area contributed by atoms with E-state index < -0.39 is 23.1 Å². The van der Waals surface area contributed by atoms with Crippen LogP contribution >= 0.6 is 0 Å². The van der Waals surface area contributed by atoms with Crippen LogP contribution < -0.4 is 16.0 Å². The number of carbonyl (C=O) groups excluding carboxylic acids is 2. The fourth-order valence-electron chi connectivity index (χ4n) is 2.59. The van der Waals surface area contributed by atoms with Gasteiger partial charge in [-0.3, -0.25) is 10.1 Å². The molecule has 3 amide bonds. The molecule has 1 atom stereocenters. The summed E-state index contributed by atoms with van der Waals surface area (Å²) in [5.74, 6) is -0.131. The van der Waals surface area contributed by atoms with Gasteiger partial charge in [-0.25, -0.2) is 4.79 Å². The predicted octanol–water partition coefficient (Wildman–Crippen LogP) is 0.0930. The molecular weight excluding hydrogens is 358 g/mol. The molecule has 1 aliphatic heterocycles. The van der Waals surface area contributed by atoms with Gasteiger partial charge in [0, 0.05) is 22.8 Å². The first-order valence-corrected chi connectivity index (χ1v) is 9.29. The number of carbonyl (C=O) groups is 2. The minimum atomic E-state index is -1.49. The Kier molecular flexibility index (Phi) is 3.78. The highest BCUT2D eigenvalue weighted by molar-refractivity contribution is 7.90. The zero-order valence-electron chi connectivity index (χ0n) is 13.6. The first-order valence-electron chi connectivity index (χ1n) is 7.73. The zero-order chi connectivity index (χ0) is 18.4. The Morgan fingerprint density at radius 1 is 1.46 bits per heavy atom. The maximum absolute atomic E-state index is 12.1. The van der Waals surface area contributed by atoms with Crippen molar-refractivity contribution in [1.29, 1.82) is 5.26 Å². The number of nitrogens with one attached hydrogen (secondary N) is 3. The van der Waals surface area contributed by atoms with Crippen molar-refractivity contribution in [2.24, 2.45) is 0 Å². The lowest BCUT2D eigenvalue weighted by atomic mass is 10.2. The summed E-state index contributed by atoms with van der Waals surface area (Å²) in [6, 6.07) is 1.68. The Hall–Kier alpha value is -3.10. The van der Waals surface area contributed by atoms with E-state index in [1.54, 1.807) is 0 Å². The van der Waals surface area contributed by atoms with Crippen LogP contribution in [0, 0.1) is 11.3 Å². The van der Waals surface area contributed by atoms with Crippen molar-refractivity contribution in [3.8, 4) is 6.07 Å². The van der Waals surface area contributed by atoms with Crippen molar-refractivity contribution in [3.05, 3.63) is 23.0 Å². The first kappa shape index (κ1) is 16.4. The second kappa shape index (κ2) is 6.01. The average Bonchev–Trinajstić information content (AvgIpc) is 3.24. The molecule has 1 aliphatic carbocycles. The molecule has 0 bridgehead atoms. The highest BCUT2D eigenvalue weighted by atomic mass is 32.2. The van der Waals surface area contributed by atoms with Gasteiger partial charge in [0.15, 0.2) is 17.0 Å². The highest BCUT2D eigenvalue weighted by Gasteiger charge is 2.29. The Morgan fingerprint density at radius 3 is 2.81 bits per heavy atom. The second-order valence-electron chi connectivity index (χ2n) is 5.93. The number of fused-ring (bicyclic) bond motifs is 1. The summed E-state index contributed by atoms with van der Waals surface area (Å²) < 4.78 is 13.6. The number of aromatic nitrogens is 3. The van der Waals surface area contributed by atoms with Crippen molar-refractivity contribution >= 4 is 40.7 Å². The van der Waals surface area contributed by atoms with E-state index in [2.05, 4.69) is 32.1 Å². The lowest BCUT2D eigenvalue weighted by Crippen LogP contribution is -2.22. The van der Waals surface area contributed by atoms with Gasteiger partial charge in [0.05, 0.1) is 6.20 Å². The summed E-state index contributed by atoms with van der Waals surface area (Å²) in [6.07, 6.45) is 6.30. The van der Waals surface area contributed by atoms with Crippen LogP contribution in [0.5, 0.6) is 0 Å². The van der Waals surface area contributed by atoms with Gasteiger partial charge in [0.1, 0.15) is 18.0 Å². The van der Waals surface area contributed by atoms with Gasteiger partial charge < -0.3 is 15.2 Å². The van der Waals surface area contributed by atoms with Crippen LogP contribution in [0.15, 0.2) is 16.9 Å². The Balaban J connectivity index is 1.90. The van der Waals surface area contributed by atoms with Crippen LogP contribution in [0.4, 0.5) is 10.6 Å². The smallest absolute Gasteiger partial charge is 0.326 e. The molecule has 0 aromatic carbocycles. The summed E-state index contributed by atoms with van der Waals surface area (Å²) in [6.45, 7) is 0. The molecule has 1 saturated heterocycles. The number of nitriles is 1. The van der Waals surface area contributed by atoms with Crippen molar-refractivity contribution in [2.45, 2.75) is 23.9 Å². The topological polar surface area (TPSA) is 147 Å². The van der Waals surface area contributed by atoms with Crippen molar-refractivity contribution < 1.29 is 14.1 Å². The minimum absolute atomic E-state index is 0.0620. The minimum Gasteiger partial charge on any atom is -0.610 e. The number of rotatable bonds is 4. The van der Waals surface area contributed by atoms with E-state index in [1.807, 2.05) is 0 Å². The van der Waals surface area contributed by atoms with Crippen molar-refractivity contribution in [3.63, 3.8) is 0 Å². The summed E-state index contributed by atoms with van der Waals surface area (Å²) in [4.78, 5) is 27.3. The molecule has 4 rings (SSSR count). The lowest BCUT2D eigenvalue weighted by Gasteiger charge is -2.12. The van der Waals surface area contributed by atoms with E-state index in [-0.39, 0.29) is 22.3 Å². The highest BCUT2D eigenvalue weighted by Crippen LogP contribution is 2.30. The van der Waals surface area contributed by atoms with Gasteiger partial charge in [0.2, 0.25) is 0 Å². The van der Waals surface area contributed by atoms with E-state index in [9.17, 15) is 19.4 Å². The van der Waals surface area contributed by atoms with Gasteiger partial charge in [0.25, 0.3) is 10.9 Å². The fraction of sp³-hybridized carbons (Fsp3) is 0.267. The standard InChI is InChI=1S/C15H13N7O3S/c1-26(25)14-9(5-16)12(18-8-2-3-8)22-11(20-14)7(6-17-22)4-10-13(23)21-15(24)19-10/h4,6,8,18H,2-3H2,1H3,(H2,19,21,23,24)/b10-4-. The molecule has 10 nitrogen and oxygen atoms in total. The maximum atomic E-state index is 12.1. The molecule has 3 N–H and O–H groups in total. The summed E-state index contributed by atoms with van der Waals surface area (Å²) in [5, 5.41) is 21.6. The Morgan fingerprint density at radius 2 is 2.23 bits per heavy atom. The molecule has 1 saturated carbocycles. The van der Waals surface area contributed by atoms with Crippen LogP contribution in [0.25, 0.3) is 11.7 Å². The van der Waals surface area contributed by atoms with E-state index in [1.165, 1.54) is 23.0 Å². The van der Waals surface area contributed by atoms with E-state index >= 15 is 0 Å². The molecule has 1 unspecified atom stereocenters. The zero-order valence-corrected chi connectivity index (χ0v) is 14.4. The van der Waals surface area contributed by atoms with Gasteiger partial charge in [-0.2, -0.15) is 19.9 Å². The maximum Gasteiger partial charge on any atom is 0.326 e. The van der Waals surface area contributed by atoms with Crippen LogP contribution in [0.2, 0.25) is 0 Å². The number of hydrogen-bond donors (Lipinski definition) is 3. The second-order valence-corrected chi connectivity index (χ2v) is 7.22. The largest absolute Gasteiger partial charge is 0.610 e. The molecule has 0 radical (unpaired) electrons. The molecule has 3 heterocycles. The Labute approximate surface area is 150 Å². The van der Waals surface area contributed by atoms with Crippen molar-refractivity contribution in [1.82, 2.24) is 25.2 Å². The molecule has 26 heavy (non-hydrogen) atoms. The number of amides is 3. The molecule has 132 valence electrons. The fourth-order valence-corrected chi connectivity index (χ4v) is 3.24. The average molecular weight is 371 g/mol. The Bertz CT molecular complexity index is 1020. The number of imide groups is 1. The van der Waals surface area contributed by atoms with E-state index in [0.29, 0.717) is 17.0 Å². The third-order valence-corrected chi connectivity index (χ3v) is 4.80. The van der Waals surface area contributed by atoms with E-state index in [0.717, 1.165) is 12.8 Å². The number of hydrogen-bond acceptors (Lipinski definition) is 7. The third-order valence-electron chi connectivity index (χ3n) is 3.96. The number of nitrogens with zero attached hydrogens (tertiary/aromatic N) is 4.